The monoisotopic (exact) mass is 323 g/mol. The third-order valence-corrected chi connectivity index (χ3v) is 3.58. The Hall–Kier alpha value is -0.660. The lowest BCUT2D eigenvalue weighted by atomic mass is 10.2. The second-order valence-corrected chi connectivity index (χ2v) is 6.09. The zero-order valence-electron chi connectivity index (χ0n) is 12.1. The molecule has 20 heavy (non-hydrogen) atoms. The van der Waals surface area contributed by atoms with Crippen molar-refractivity contribution in [2.45, 2.75) is 13.5 Å². The number of rotatable bonds is 6. The minimum absolute atomic E-state index is 0.733. The molecule has 0 aromatic heterocycles. The Labute approximate surface area is 126 Å². The molecule has 0 amide bonds. The molecule has 0 bridgehead atoms. The molecule has 116 valence electrons. The zero-order valence-corrected chi connectivity index (χ0v) is 13.7. The summed E-state index contributed by atoms with van der Waals surface area (Å²) in [6.45, 7) is 5.45. The van der Waals surface area contributed by atoms with Gasteiger partial charge in [-0.1, -0.05) is 30.3 Å². The molecule has 0 spiro atoms. The molecule has 0 saturated carbocycles. The van der Waals surface area contributed by atoms with E-state index in [0.29, 0.717) is 0 Å². The van der Waals surface area contributed by atoms with Crippen molar-refractivity contribution >= 4 is 22.0 Å². The van der Waals surface area contributed by atoms with Crippen molar-refractivity contribution in [3.05, 3.63) is 35.9 Å². The quantitative estimate of drug-likeness (QED) is 0.347. The van der Waals surface area contributed by atoms with Gasteiger partial charge < -0.3 is 9.04 Å². The van der Waals surface area contributed by atoms with Crippen LogP contribution in [0.15, 0.2) is 30.3 Å². The first kappa shape index (κ1) is 19.3. The molecule has 0 aliphatic heterocycles. The fourth-order valence-electron chi connectivity index (χ4n) is 1.58. The van der Waals surface area contributed by atoms with E-state index < -0.39 is 10.4 Å². The molecular weight excluding hydrogens is 302 g/mol. The maximum Gasteiger partial charge on any atom is 0.217 e. The van der Waals surface area contributed by atoms with Gasteiger partial charge >= 0.3 is 0 Å². The normalized spacial score (nSPS) is 14.1. The van der Waals surface area contributed by atoms with Crippen LogP contribution in [0.25, 0.3) is 0 Å². The molecule has 1 aromatic rings. The SMILES string of the molecule is CC[N+](C)(CCCl)Cc1ccccc1.COS(=O)(=O)[O-]. The van der Waals surface area contributed by atoms with E-state index in [1.807, 2.05) is 0 Å². The van der Waals surface area contributed by atoms with Crippen LogP contribution in [0.1, 0.15) is 12.5 Å². The Morgan fingerprint density at radius 2 is 1.80 bits per heavy atom. The predicted octanol–water partition coefficient (Wildman–Crippen LogP) is 1.98. The molecule has 5 nitrogen and oxygen atoms in total. The molecular formula is C13H22ClNO4S. The number of nitrogens with zero attached hydrogens (tertiary/aromatic N) is 1. The summed E-state index contributed by atoms with van der Waals surface area (Å²) in [6.07, 6.45) is 0. The van der Waals surface area contributed by atoms with Crippen LogP contribution < -0.4 is 0 Å². The van der Waals surface area contributed by atoms with E-state index >= 15 is 0 Å². The second-order valence-electron chi connectivity index (χ2n) is 4.57. The third-order valence-electron chi connectivity index (χ3n) is 3.00. The standard InChI is InChI=1S/C12H19ClN.CH4O4S/c1-3-14(2,10-9-13)11-12-7-5-4-6-8-12;1-5-6(2,3)4/h4-8H,3,9-11H2,1-2H3;1H3,(H,2,3,4)/q+1;/p-1. The topological polar surface area (TPSA) is 66.4 Å². The van der Waals surface area contributed by atoms with Crippen molar-refractivity contribution in [1.29, 1.82) is 0 Å². The van der Waals surface area contributed by atoms with Gasteiger partial charge in [0.05, 0.1) is 33.1 Å². The first-order chi connectivity index (χ1) is 9.26. The minimum atomic E-state index is -4.41. The van der Waals surface area contributed by atoms with Crippen molar-refractivity contribution in [1.82, 2.24) is 0 Å². The van der Waals surface area contributed by atoms with Gasteiger partial charge in [0.2, 0.25) is 10.4 Å². The van der Waals surface area contributed by atoms with Gasteiger partial charge in [0.25, 0.3) is 0 Å². The first-order valence-electron chi connectivity index (χ1n) is 6.21. The summed E-state index contributed by atoms with van der Waals surface area (Å²) in [5.74, 6) is 0.733. The van der Waals surface area contributed by atoms with E-state index in [2.05, 4.69) is 48.5 Å². The van der Waals surface area contributed by atoms with Crippen LogP contribution in [-0.4, -0.2) is 50.6 Å². The van der Waals surface area contributed by atoms with Gasteiger partial charge in [-0.25, -0.2) is 8.42 Å². The van der Waals surface area contributed by atoms with Crippen molar-refractivity contribution in [2.75, 3.05) is 33.1 Å². The van der Waals surface area contributed by atoms with E-state index in [0.717, 1.165) is 37.1 Å². The number of halogens is 1. The van der Waals surface area contributed by atoms with Crippen molar-refractivity contribution in [3.63, 3.8) is 0 Å². The smallest absolute Gasteiger partial charge is 0.217 e. The lowest BCUT2D eigenvalue weighted by Crippen LogP contribution is -2.44. The Morgan fingerprint density at radius 3 is 2.15 bits per heavy atom. The summed E-state index contributed by atoms with van der Waals surface area (Å²) >= 11 is 5.82. The van der Waals surface area contributed by atoms with Gasteiger partial charge in [-0.3, -0.25) is 4.18 Å². The zero-order chi connectivity index (χ0) is 15.6. The van der Waals surface area contributed by atoms with Crippen LogP contribution in [0, 0.1) is 0 Å². The molecule has 7 heteroatoms. The average molecular weight is 324 g/mol. The van der Waals surface area contributed by atoms with Crippen LogP contribution in [0.5, 0.6) is 0 Å². The van der Waals surface area contributed by atoms with Crippen LogP contribution in [-0.2, 0) is 21.1 Å². The van der Waals surface area contributed by atoms with E-state index in [4.69, 9.17) is 11.6 Å². The van der Waals surface area contributed by atoms with Gasteiger partial charge in [0.15, 0.2) is 0 Å². The Morgan fingerprint density at radius 1 is 1.30 bits per heavy atom. The van der Waals surface area contributed by atoms with Crippen LogP contribution in [0.3, 0.4) is 0 Å². The Kier molecular flexibility index (Phi) is 9.00. The molecule has 0 N–H and O–H groups in total. The summed E-state index contributed by atoms with van der Waals surface area (Å²) in [4.78, 5) is 0. The lowest BCUT2D eigenvalue weighted by Gasteiger charge is -2.32. The van der Waals surface area contributed by atoms with Crippen molar-refractivity contribution in [2.24, 2.45) is 0 Å². The highest BCUT2D eigenvalue weighted by Gasteiger charge is 2.18. The molecule has 0 aliphatic carbocycles. The summed E-state index contributed by atoms with van der Waals surface area (Å²) in [5.41, 5.74) is 1.39. The van der Waals surface area contributed by atoms with E-state index in [1.54, 1.807) is 0 Å². The van der Waals surface area contributed by atoms with E-state index in [-0.39, 0.29) is 0 Å². The summed E-state index contributed by atoms with van der Waals surface area (Å²) in [5, 5.41) is 0. The largest absolute Gasteiger partial charge is 0.726 e. The maximum atomic E-state index is 9.22. The lowest BCUT2D eigenvalue weighted by molar-refractivity contribution is -0.918. The fraction of sp³-hybridized carbons (Fsp3) is 0.538. The number of hydrogen-bond donors (Lipinski definition) is 0. The fourth-order valence-corrected chi connectivity index (χ4v) is 1.99. The van der Waals surface area contributed by atoms with Crippen LogP contribution in [0.4, 0.5) is 0 Å². The number of benzene rings is 1. The maximum absolute atomic E-state index is 9.22. The molecule has 1 rings (SSSR count). The molecule has 0 heterocycles. The Bertz CT molecular complexity index is 467. The third kappa shape index (κ3) is 9.28. The van der Waals surface area contributed by atoms with Gasteiger partial charge in [0.1, 0.15) is 6.54 Å². The number of quaternary nitrogens is 1. The van der Waals surface area contributed by atoms with Crippen molar-refractivity contribution in [3.8, 4) is 0 Å². The molecule has 0 saturated heterocycles. The van der Waals surface area contributed by atoms with Crippen molar-refractivity contribution < 1.29 is 21.6 Å². The molecule has 0 radical (unpaired) electrons. The van der Waals surface area contributed by atoms with Crippen LogP contribution in [0.2, 0.25) is 0 Å². The van der Waals surface area contributed by atoms with Gasteiger partial charge in [-0.05, 0) is 6.92 Å². The molecule has 1 unspecified atom stereocenters. The highest BCUT2D eigenvalue weighted by Crippen LogP contribution is 2.11. The van der Waals surface area contributed by atoms with Gasteiger partial charge in [-0.2, -0.15) is 0 Å². The predicted molar refractivity (Wildman–Crippen MR) is 79.2 cm³/mol. The molecule has 0 fully saturated rings. The molecule has 0 aliphatic rings. The summed E-state index contributed by atoms with van der Waals surface area (Å²) in [7, 11) is -1.34. The summed E-state index contributed by atoms with van der Waals surface area (Å²) < 4.78 is 32.0. The van der Waals surface area contributed by atoms with E-state index in [1.165, 1.54) is 5.56 Å². The highest BCUT2D eigenvalue weighted by atomic mass is 35.5. The van der Waals surface area contributed by atoms with Crippen LogP contribution >= 0.6 is 11.6 Å². The average Bonchev–Trinajstić information content (AvgIpc) is 2.40. The molecule has 1 aromatic carbocycles. The summed E-state index contributed by atoms with van der Waals surface area (Å²) in [6, 6.07) is 10.6. The molecule has 1 atom stereocenters. The Balaban J connectivity index is 0.000000511. The minimum Gasteiger partial charge on any atom is -0.726 e. The van der Waals surface area contributed by atoms with Gasteiger partial charge in [0, 0.05) is 5.56 Å². The van der Waals surface area contributed by atoms with E-state index in [9.17, 15) is 13.0 Å². The number of alkyl halides is 1. The highest BCUT2D eigenvalue weighted by molar-refractivity contribution is 7.80. The van der Waals surface area contributed by atoms with Gasteiger partial charge in [-0.15, -0.1) is 11.6 Å². The first-order valence-corrected chi connectivity index (χ1v) is 8.08. The second kappa shape index (κ2) is 9.31. The number of hydrogen-bond acceptors (Lipinski definition) is 4.